The molecule has 1 aliphatic rings. The maximum atomic E-state index is 13.5. The van der Waals surface area contributed by atoms with Crippen molar-refractivity contribution in [2.75, 3.05) is 6.54 Å². The van der Waals surface area contributed by atoms with Crippen molar-refractivity contribution in [1.29, 1.82) is 0 Å². The predicted molar refractivity (Wildman–Crippen MR) is 99.9 cm³/mol. The van der Waals surface area contributed by atoms with Crippen LogP contribution in [0.3, 0.4) is 0 Å². The van der Waals surface area contributed by atoms with Gasteiger partial charge in [-0.1, -0.05) is 36.4 Å². The second-order valence-corrected chi connectivity index (χ2v) is 6.74. The van der Waals surface area contributed by atoms with Gasteiger partial charge in [0, 0.05) is 19.5 Å². The van der Waals surface area contributed by atoms with E-state index >= 15 is 0 Å². The van der Waals surface area contributed by atoms with Crippen molar-refractivity contribution < 1.29 is 18.7 Å². The lowest BCUT2D eigenvalue weighted by atomic mass is 9.95. The van der Waals surface area contributed by atoms with Crippen LogP contribution in [-0.2, 0) is 11.2 Å². The van der Waals surface area contributed by atoms with E-state index in [-0.39, 0.29) is 18.4 Å². The van der Waals surface area contributed by atoms with Crippen LogP contribution in [-0.4, -0.2) is 35.7 Å². The smallest absolute Gasteiger partial charge is 0.217 e. The van der Waals surface area contributed by atoms with E-state index in [0.717, 1.165) is 17.2 Å². The summed E-state index contributed by atoms with van der Waals surface area (Å²) in [6, 6.07) is 11.9. The molecule has 3 rings (SSSR count). The predicted octanol–water partition coefficient (Wildman–Crippen LogP) is 2.43. The van der Waals surface area contributed by atoms with Crippen LogP contribution in [0.4, 0.5) is 8.78 Å². The fraction of sp³-hybridized carbons (Fsp3) is 0.286. The number of aliphatic hydroxyl groups excluding tert-OH is 1. The highest BCUT2D eigenvalue weighted by Gasteiger charge is 2.30. The molecule has 1 aliphatic heterocycles. The Morgan fingerprint density at radius 3 is 2.52 bits per heavy atom. The Hall–Kier alpha value is -2.57. The number of nitrogens with one attached hydrogen (secondary N) is 2. The maximum absolute atomic E-state index is 13.5. The van der Waals surface area contributed by atoms with Crippen molar-refractivity contribution in [2.24, 2.45) is 0 Å². The van der Waals surface area contributed by atoms with Crippen molar-refractivity contribution in [2.45, 2.75) is 31.5 Å². The van der Waals surface area contributed by atoms with Crippen LogP contribution >= 0.6 is 0 Å². The SMILES string of the molecule is CC(=O)NC(Cc1cc(F)cc(F)c1)C(O)C1C=C(c2ccccc2)CN1. The van der Waals surface area contributed by atoms with Crippen molar-refractivity contribution >= 4 is 11.5 Å². The minimum atomic E-state index is -0.957. The molecule has 2 aromatic carbocycles. The van der Waals surface area contributed by atoms with E-state index in [1.165, 1.54) is 19.1 Å². The number of amides is 1. The molecular formula is C21H22F2N2O2. The van der Waals surface area contributed by atoms with E-state index in [9.17, 15) is 18.7 Å². The van der Waals surface area contributed by atoms with Crippen molar-refractivity contribution in [1.82, 2.24) is 10.6 Å². The van der Waals surface area contributed by atoms with Gasteiger partial charge >= 0.3 is 0 Å². The first kappa shape index (κ1) is 19.2. The van der Waals surface area contributed by atoms with Gasteiger partial charge in [-0.3, -0.25) is 4.79 Å². The molecule has 0 aliphatic carbocycles. The molecule has 0 radical (unpaired) electrons. The van der Waals surface area contributed by atoms with Crippen LogP contribution in [0, 0.1) is 11.6 Å². The van der Waals surface area contributed by atoms with Gasteiger partial charge in [-0.15, -0.1) is 0 Å². The van der Waals surface area contributed by atoms with Gasteiger partial charge in [-0.05, 0) is 35.3 Å². The summed E-state index contributed by atoms with van der Waals surface area (Å²) in [4.78, 5) is 11.6. The third-order valence-electron chi connectivity index (χ3n) is 4.60. The molecule has 142 valence electrons. The molecule has 3 unspecified atom stereocenters. The van der Waals surface area contributed by atoms with Crippen LogP contribution in [0.2, 0.25) is 0 Å². The first-order chi connectivity index (χ1) is 12.9. The van der Waals surface area contributed by atoms with E-state index < -0.39 is 23.8 Å². The lowest BCUT2D eigenvalue weighted by Crippen LogP contribution is -2.51. The fourth-order valence-electron chi connectivity index (χ4n) is 3.38. The molecule has 4 nitrogen and oxygen atoms in total. The second kappa shape index (κ2) is 8.41. The molecule has 1 heterocycles. The summed E-state index contributed by atoms with van der Waals surface area (Å²) in [6.45, 7) is 1.94. The van der Waals surface area contributed by atoms with Crippen LogP contribution in [0.15, 0.2) is 54.6 Å². The first-order valence-corrected chi connectivity index (χ1v) is 8.82. The Morgan fingerprint density at radius 2 is 1.89 bits per heavy atom. The van der Waals surface area contributed by atoms with Crippen LogP contribution in [0.1, 0.15) is 18.1 Å². The van der Waals surface area contributed by atoms with E-state index in [1.54, 1.807) is 0 Å². The largest absolute Gasteiger partial charge is 0.389 e. The zero-order valence-electron chi connectivity index (χ0n) is 15.0. The molecule has 1 amide bonds. The minimum absolute atomic E-state index is 0.113. The summed E-state index contributed by atoms with van der Waals surface area (Å²) >= 11 is 0. The van der Waals surface area contributed by atoms with E-state index in [2.05, 4.69) is 10.6 Å². The number of benzene rings is 2. The zero-order valence-corrected chi connectivity index (χ0v) is 15.0. The quantitative estimate of drug-likeness (QED) is 0.730. The Labute approximate surface area is 156 Å². The van der Waals surface area contributed by atoms with Crippen molar-refractivity contribution in [3.05, 3.63) is 77.4 Å². The highest BCUT2D eigenvalue weighted by Crippen LogP contribution is 2.22. The number of hydrogen-bond acceptors (Lipinski definition) is 3. The number of carbonyl (C=O) groups is 1. The van der Waals surface area contributed by atoms with E-state index in [1.807, 2.05) is 36.4 Å². The van der Waals surface area contributed by atoms with Crippen LogP contribution in [0.5, 0.6) is 0 Å². The van der Waals surface area contributed by atoms with Crippen molar-refractivity contribution in [3.63, 3.8) is 0 Å². The van der Waals surface area contributed by atoms with Gasteiger partial charge in [0.15, 0.2) is 0 Å². The fourth-order valence-corrected chi connectivity index (χ4v) is 3.38. The average Bonchev–Trinajstić information content (AvgIpc) is 3.10. The van der Waals surface area contributed by atoms with Crippen LogP contribution in [0.25, 0.3) is 5.57 Å². The Morgan fingerprint density at radius 1 is 1.22 bits per heavy atom. The van der Waals surface area contributed by atoms with Gasteiger partial charge < -0.3 is 15.7 Å². The zero-order chi connectivity index (χ0) is 19.4. The topological polar surface area (TPSA) is 61.4 Å². The summed E-state index contributed by atoms with van der Waals surface area (Å²) < 4.78 is 26.9. The summed E-state index contributed by atoms with van der Waals surface area (Å²) in [6.07, 6.45) is 1.09. The molecule has 0 bridgehead atoms. The molecule has 0 saturated heterocycles. The van der Waals surface area contributed by atoms with Gasteiger partial charge in [-0.2, -0.15) is 0 Å². The number of hydrogen-bond donors (Lipinski definition) is 3. The second-order valence-electron chi connectivity index (χ2n) is 6.74. The Bertz CT molecular complexity index is 819. The van der Waals surface area contributed by atoms with Gasteiger partial charge in [0.25, 0.3) is 0 Å². The molecule has 6 heteroatoms. The lowest BCUT2D eigenvalue weighted by molar-refractivity contribution is -0.120. The average molecular weight is 372 g/mol. The van der Waals surface area contributed by atoms with Crippen molar-refractivity contribution in [3.8, 4) is 0 Å². The highest BCUT2D eigenvalue weighted by molar-refractivity contribution is 5.73. The summed E-state index contributed by atoms with van der Waals surface area (Å²) in [5, 5.41) is 16.7. The standard InChI is InChI=1S/C21H22F2N2O2/c1-13(26)25-20(9-14-7-17(22)11-18(23)8-14)21(27)19-10-16(12-24-19)15-5-3-2-4-6-15/h2-8,10-11,19-21,24,27H,9,12H2,1H3,(H,25,26). The number of rotatable bonds is 6. The molecule has 0 aromatic heterocycles. The van der Waals surface area contributed by atoms with Crippen LogP contribution < -0.4 is 10.6 Å². The molecule has 3 atom stereocenters. The molecule has 0 saturated carbocycles. The third-order valence-corrected chi connectivity index (χ3v) is 4.60. The minimum Gasteiger partial charge on any atom is -0.389 e. The summed E-state index contributed by atoms with van der Waals surface area (Å²) in [5.74, 6) is -1.70. The van der Waals surface area contributed by atoms with Gasteiger partial charge in [0.2, 0.25) is 5.91 Å². The highest BCUT2D eigenvalue weighted by atomic mass is 19.1. The number of halogens is 2. The Balaban J connectivity index is 1.78. The molecule has 0 fully saturated rings. The monoisotopic (exact) mass is 372 g/mol. The summed E-state index contributed by atoms with van der Waals surface area (Å²) in [5.41, 5.74) is 2.48. The lowest BCUT2D eigenvalue weighted by Gasteiger charge is -2.27. The van der Waals surface area contributed by atoms with Gasteiger partial charge in [0.1, 0.15) is 11.6 Å². The third kappa shape index (κ3) is 4.99. The molecular weight excluding hydrogens is 350 g/mol. The van der Waals surface area contributed by atoms with Gasteiger partial charge in [-0.25, -0.2) is 8.78 Å². The molecule has 27 heavy (non-hydrogen) atoms. The summed E-state index contributed by atoms with van der Waals surface area (Å²) in [7, 11) is 0. The number of aliphatic hydroxyl groups is 1. The molecule has 2 aromatic rings. The first-order valence-electron chi connectivity index (χ1n) is 8.82. The maximum Gasteiger partial charge on any atom is 0.217 e. The van der Waals surface area contributed by atoms with E-state index in [0.29, 0.717) is 12.1 Å². The molecule has 3 N–H and O–H groups in total. The van der Waals surface area contributed by atoms with E-state index in [4.69, 9.17) is 0 Å². The molecule has 0 spiro atoms. The number of carbonyl (C=O) groups excluding carboxylic acids is 1. The normalized spacial score (nSPS) is 18.7. The Kier molecular flexibility index (Phi) is 5.98. The van der Waals surface area contributed by atoms with Gasteiger partial charge in [0.05, 0.1) is 18.2 Å².